The lowest BCUT2D eigenvalue weighted by molar-refractivity contribution is 1.03. The van der Waals surface area contributed by atoms with Crippen molar-refractivity contribution < 1.29 is 0 Å². The van der Waals surface area contributed by atoms with Crippen LogP contribution in [0.5, 0.6) is 0 Å². The highest BCUT2D eigenvalue weighted by Gasteiger charge is 2.05. The molecule has 19 heavy (non-hydrogen) atoms. The van der Waals surface area contributed by atoms with Crippen LogP contribution >= 0.6 is 11.3 Å². The minimum Gasteiger partial charge on any atom is -0.365 e. The molecule has 0 aliphatic heterocycles. The van der Waals surface area contributed by atoms with E-state index < -0.39 is 0 Å². The molecule has 2 aromatic heterocycles. The van der Waals surface area contributed by atoms with Crippen LogP contribution in [0.25, 0.3) is 10.2 Å². The highest BCUT2D eigenvalue weighted by atomic mass is 32.1. The third kappa shape index (κ3) is 2.44. The van der Waals surface area contributed by atoms with Gasteiger partial charge in [0.2, 0.25) is 0 Å². The largest absolute Gasteiger partial charge is 0.365 e. The molecule has 3 nitrogen and oxygen atoms in total. The molecule has 0 amide bonds. The van der Waals surface area contributed by atoms with Gasteiger partial charge in [-0.2, -0.15) is 0 Å². The fourth-order valence-corrected chi connectivity index (χ4v) is 2.98. The summed E-state index contributed by atoms with van der Waals surface area (Å²) in [6, 6.07) is 10.5. The van der Waals surface area contributed by atoms with Gasteiger partial charge in [-0.1, -0.05) is 31.2 Å². The molecule has 0 aliphatic rings. The molecule has 0 saturated carbocycles. The molecule has 3 aromatic rings. The molecule has 1 N–H and O–H groups in total. The maximum Gasteiger partial charge on any atom is 0.147 e. The number of benzene rings is 1. The van der Waals surface area contributed by atoms with Crippen LogP contribution in [0.15, 0.2) is 42.0 Å². The molecule has 0 saturated heterocycles. The Bertz CT molecular complexity index is 690. The highest BCUT2D eigenvalue weighted by molar-refractivity contribution is 7.17. The van der Waals surface area contributed by atoms with Crippen molar-refractivity contribution >= 4 is 27.4 Å². The zero-order valence-corrected chi connectivity index (χ0v) is 11.6. The third-order valence-corrected chi connectivity index (χ3v) is 4.10. The quantitative estimate of drug-likeness (QED) is 0.781. The van der Waals surface area contributed by atoms with E-state index in [4.69, 9.17) is 0 Å². The minimum atomic E-state index is 0.800. The van der Waals surface area contributed by atoms with E-state index in [9.17, 15) is 0 Å². The zero-order chi connectivity index (χ0) is 13.1. The molecule has 0 bridgehead atoms. The summed E-state index contributed by atoms with van der Waals surface area (Å²) < 4.78 is 1.12. The van der Waals surface area contributed by atoms with E-state index in [1.165, 1.54) is 11.1 Å². The van der Waals surface area contributed by atoms with Crippen LogP contribution in [0.3, 0.4) is 0 Å². The number of hydrogen-bond acceptors (Lipinski definition) is 4. The van der Waals surface area contributed by atoms with Gasteiger partial charge in [0.05, 0.1) is 10.2 Å². The first kappa shape index (κ1) is 12.1. The lowest BCUT2D eigenvalue weighted by Crippen LogP contribution is -2.04. The van der Waals surface area contributed by atoms with Gasteiger partial charge in [0, 0.05) is 6.54 Å². The van der Waals surface area contributed by atoms with E-state index in [1.807, 2.05) is 11.4 Å². The first-order chi connectivity index (χ1) is 9.38. The van der Waals surface area contributed by atoms with Crippen LogP contribution in [-0.2, 0) is 13.0 Å². The fraction of sp³-hybridized carbons (Fsp3) is 0.200. The maximum atomic E-state index is 4.34. The van der Waals surface area contributed by atoms with E-state index in [-0.39, 0.29) is 0 Å². The summed E-state index contributed by atoms with van der Waals surface area (Å²) in [5.74, 6) is 0.922. The van der Waals surface area contributed by atoms with Gasteiger partial charge < -0.3 is 5.32 Å². The minimum absolute atomic E-state index is 0.800. The molecule has 0 fully saturated rings. The molecular formula is C15H15N3S. The summed E-state index contributed by atoms with van der Waals surface area (Å²) in [6.45, 7) is 2.98. The SMILES string of the molecule is CCc1ccccc1CNc1ncnc2ccsc12. The molecule has 4 heteroatoms. The van der Waals surface area contributed by atoms with Crippen molar-refractivity contribution in [2.45, 2.75) is 19.9 Å². The lowest BCUT2D eigenvalue weighted by atomic mass is 10.1. The number of fused-ring (bicyclic) bond motifs is 1. The van der Waals surface area contributed by atoms with Crippen LogP contribution < -0.4 is 5.32 Å². The van der Waals surface area contributed by atoms with Gasteiger partial charge in [0.15, 0.2) is 0 Å². The summed E-state index contributed by atoms with van der Waals surface area (Å²) in [5.41, 5.74) is 3.71. The Morgan fingerprint density at radius 2 is 1.95 bits per heavy atom. The Balaban J connectivity index is 1.84. The van der Waals surface area contributed by atoms with E-state index in [0.717, 1.165) is 29.0 Å². The van der Waals surface area contributed by atoms with Crippen molar-refractivity contribution in [1.82, 2.24) is 9.97 Å². The first-order valence-corrected chi connectivity index (χ1v) is 7.25. The Kier molecular flexibility index (Phi) is 3.42. The third-order valence-electron chi connectivity index (χ3n) is 3.19. The van der Waals surface area contributed by atoms with Gasteiger partial charge in [0.25, 0.3) is 0 Å². The summed E-state index contributed by atoms with van der Waals surface area (Å²) >= 11 is 1.67. The zero-order valence-electron chi connectivity index (χ0n) is 10.8. The predicted molar refractivity (Wildman–Crippen MR) is 80.6 cm³/mol. The van der Waals surface area contributed by atoms with Crippen LogP contribution in [-0.4, -0.2) is 9.97 Å². The number of nitrogens with one attached hydrogen (secondary N) is 1. The standard InChI is InChI=1S/C15H15N3S/c1-2-11-5-3-4-6-12(11)9-16-15-14-13(7-8-19-14)17-10-18-15/h3-8,10H,2,9H2,1H3,(H,16,17,18). The Morgan fingerprint density at radius 1 is 1.11 bits per heavy atom. The summed E-state index contributed by atoms with van der Waals surface area (Å²) in [7, 11) is 0. The van der Waals surface area contributed by atoms with Crippen molar-refractivity contribution in [2.75, 3.05) is 5.32 Å². The number of nitrogens with zero attached hydrogens (tertiary/aromatic N) is 2. The van der Waals surface area contributed by atoms with Gasteiger partial charge in [0.1, 0.15) is 12.1 Å². The molecule has 0 aliphatic carbocycles. The van der Waals surface area contributed by atoms with Crippen molar-refractivity contribution in [1.29, 1.82) is 0 Å². The number of anilines is 1. The monoisotopic (exact) mass is 269 g/mol. The second kappa shape index (κ2) is 5.36. The van der Waals surface area contributed by atoms with Crippen LogP contribution in [0.1, 0.15) is 18.1 Å². The predicted octanol–water partition coefficient (Wildman–Crippen LogP) is 3.87. The molecule has 0 spiro atoms. The van der Waals surface area contributed by atoms with Crippen molar-refractivity contribution in [2.24, 2.45) is 0 Å². The molecule has 0 atom stereocenters. The van der Waals surface area contributed by atoms with Crippen molar-refractivity contribution in [3.8, 4) is 0 Å². The van der Waals surface area contributed by atoms with Crippen LogP contribution in [0.4, 0.5) is 5.82 Å². The van der Waals surface area contributed by atoms with Gasteiger partial charge in [-0.25, -0.2) is 9.97 Å². The Morgan fingerprint density at radius 3 is 2.79 bits per heavy atom. The van der Waals surface area contributed by atoms with Gasteiger partial charge in [-0.05, 0) is 29.0 Å². The summed E-state index contributed by atoms with van der Waals surface area (Å²) in [5, 5.41) is 5.47. The first-order valence-electron chi connectivity index (χ1n) is 6.37. The van der Waals surface area contributed by atoms with Gasteiger partial charge in [-0.3, -0.25) is 0 Å². The van der Waals surface area contributed by atoms with E-state index in [0.29, 0.717) is 0 Å². The molecule has 96 valence electrons. The number of hydrogen-bond donors (Lipinski definition) is 1. The number of thiophene rings is 1. The fourth-order valence-electron chi connectivity index (χ4n) is 2.17. The second-order valence-corrected chi connectivity index (χ2v) is 5.25. The van der Waals surface area contributed by atoms with E-state index >= 15 is 0 Å². The van der Waals surface area contributed by atoms with Crippen LogP contribution in [0.2, 0.25) is 0 Å². The number of aromatic nitrogens is 2. The molecule has 3 rings (SSSR count). The van der Waals surface area contributed by atoms with Gasteiger partial charge >= 0.3 is 0 Å². The summed E-state index contributed by atoms with van der Waals surface area (Å²) in [4.78, 5) is 8.59. The molecule has 2 heterocycles. The average Bonchev–Trinajstić information content (AvgIpc) is 2.94. The molecular weight excluding hydrogens is 254 g/mol. The van der Waals surface area contributed by atoms with E-state index in [1.54, 1.807) is 17.7 Å². The molecule has 0 radical (unpaired) electrons. The molecule has 1 aromatic carbocycles. The number of aryl methyl sites for hydroxylation is 1. The normalized spacial score (nSPS) is 10.8. The van der Waals surface area contributed by atoms with Gasteiger partial charge in [-0.15, -0.1) is 11.3 Å². The van der Waals surface area contributed by atoms with Crippen LogP contribution in [0, 0.1) is 0 Å². The maximum absolute atomic E-state index is 4.34. The molecule has 0 unspecified atom stereocenters. The number of rotatable bonds is 4. The Labute approximate surface area is 116 Å². The topological polar surface area (TPSA) is 37.8 Å². The Hall–Kier alpha value is -1.94. The van der Waals surface area contributed by atoms with E-state index in [2.05, 4.69) is 46.5 Å². The second-order valence-electron chi connectivity index (χ2n) is 4.33. The van der Waals surface area contributed by atoms with Crippen molar-refractivity contribution in [3.63, 3.8) is 0 Å². The van der Waals surface area contributed by atoms with Crippen molar-refractivity contribution in [3.05, 3.63) is 53.2 Å². The average molecular weight is 269 g/mol. The highest BCUT2D eigenvalue weighted by Crippen LogP contribution is 2.25. The lowest BCUT2D eigenvalue weighted by Gasteiger charge is -2.09. The smallest absolute Gasteiger partial charge is 0.147 e. The summed E-state index contributed by atoms with van der Waals surface area (Å²) in [6.07, 6.45) is 2.67.